The van der Waals surface area contributed by atoms with Crippen molar-refractivity contribution in [3.05, 3.63) is 82.9 Å². The van der Waals surface area contributed by atoms with Gasteiger partial charge in [0.05, 0.1) is 82.6 Å². The lowest BCUT2D eigenvalue weighted by Gasteiger charge is -2.46. The molecule has 1 aliphatic rings. The van der Waals surface area contributed by atoms with Gasteiger partial charge in [0.25, 0.3) is 0 Å². The molecule has 0 fully saturated rings. The van der Waals surface area contributed by atoms with Gasteiger partial charge in [0.2, 0.25) is 5.75 Å². The molecule has 0 amide bonds. The summed E-state index contributed by atoms with van der Waals surface area (Å²) in [6.07, 6.45) is 6.13. The minimum atomic E-state index is -0.599. The second-order valence-electron chi connectivity index (χ2n) is 14.4. The van der Waals surface area contributed by atoms with Gasteiger partial charge >= 0.3 is 11.9 Å². The Bertz CT molecular complexity index is 1760. The van der Waals surface area contributed by atoms with Crippen LogP contribution >= 0.6 is 0 Å². The molecular formula is C45H63N2O11+. The number of quaternary nitrogens is 1. The predicted octanol–water partition coefficient (Wildman–Crippen LogP) is 6.38. The molecule has 0 bridgehead atoms. The van der Waals surface area contributed by atoms with E-state index in [0.717, 1.165) is 66.0 Å². The van der Waals surface area contributed by atoms with Gasteiger partial charge in [-0.15, -0.1) is 0 Å². The second kappa shape index (κ2) is 23.4. The number of hydrogen-bond acceptors (Lipinski definition) is 12. The Hall–Kier alpha value is -4.98. The lowest BCUT2D eigenvalue weighted by atomic mass is 9.86. The molecule has 0 saturated heterocycles. The average Bonchev–Trinajstić information content (AvgIpc) is 3.24. The van der Waals surface area contributed by atoms with E-state index in [1.165, 1.54) is 16.7 Å². The van der Waals surface area contributed by atoms with Gasteiger partial charge in [-0.1, -0.05) is 19.1 Å². The third-order valence-electron chi connectivity index (χ3n) is 10.5. The van der Waals surface area contributed by atoms with Gasteiger partial charge < -0.3 is 47.1 Å². The lowest BCUT2D eigenvalue weighted by Crippen LogP contribution is -2.52. The minimum absolute atomic E-state index is 0.137. The molecule has 2 atom stereocenters. The maximum Gasteiger partial charge on any atom is 0.331 e. The van der Waals surface area contributed by atoms with Crippen molar-refractivity contribution in [3.8, 4) is 34.5 Å². The summed E-state index contributed by atoms with van der Waals surface area (Å²) < 4.78 is 50.7. The van der Waals surface area contributed by atoms with E-state index >= 15 is 0 Å². The highest BCUT2D eigenvalue weighted by atomic mass is 16.5. The van der Waals surface area contributed by atoms with Crippen molar-refractivity contribution < 1.29 is 56.7 Å². The third kappa shape index (κ3) is 13.0. The van der Waals surface area contributed by atoms with E-state index in [-0.39, 0.29) is 19.3 Å². The fraction of sp³-hybridized carbons (Fsp3) is 0.511. The van der Waals surface area contributed by atoms with E-state index in [1.54, 1.807) is 42.7 Å². The number of methoxy groups -OCH3 is 6. The van der Waals surface area contributed by atoms with Crippen LogP contribution in [0.3, 0.4) is 0 Å². The molecular weight excluding hydrogens is 744 g/mol. The fourth-order valence-electron chi connectivity index (χ4n) is 7.40. The zero-order valence-electron chi connectivity index (χ0n) is 35.6. The molecule has 13 heteroatoms. The van der Waals surface area contributed by atoms with Crippen molar-refractivity contribution in [2.45, 2.75) is 51.6 Å². The van der Waals surface area contributed by atoms with Gasteiger partial charge in [-0.3, -0.25) is 4.90 Å². The van der Waals surface area contributed by atoms with Crippen molar-refractivity contribution in [2.75, 3.05) is 102 Å². The normalized spacial score (nSPS) is 16.1. The molecule has 1 aliphatic heterocycles. The zero-order valence-corrected chi connectivity index (χ0v) is 35.6. The number of benzene rings is 3. The smallest absolute Gasteiger partial charge is 0.331 e. The van der Waals surface area contributed by atoms with Crippen LogP contribution in [0.5, 0.6) is 34.5 Å². The Kier molecular flexibility index (Phi) is 18.5. The van der Waals surface area contributed by atoms with Crippen LogP contribution < -0.4 is 28.4 Å². The van der Waals surface area contributed by atoms with E-state index in [1.807, 2.05) is 24.3 Å². The molecule has 1 heterocycles. The lowest BCUT2D eigenvalue weighted by molar-refractivity contribution is -0.941. The maximum atomic E-state index is 12.6. The number of likely N-dealkylation sites (N-methyl/N-ethyl adjacent to an activating group) is 1. The average molecular weight is 808 g/mol. The summed E-state index contributed by atoms with van der Waals surface area (Å²) in [5.74, 6) is 2.76. The first kappa shape index (κ1) is 45.7. The Balaban J connectivity index is 1.27. The monoisotopic (exact) mass is 807 g/mol. The summed E-state index contributed by atoms with van der Waals surface area (Å²) in [6.45, 7) is 7.40. The van der Waals surface area contributed by atoms with E-state index in [4.69, 9.17) is 42.6 Å². The molecule has 58 heavy (non-hydrogen) atoms. The zero-order chi connectivity index (χ0) is 41.9. The largest absolute Gasteiger partial charge is 0.497 e. The summed E-state index contributed by atoms with van der Waals surface area (Å²) in [7, 11) is 12.0. The van der Waals surface area contributed by atoms with E-state index in [0.29, 0.717) is 68.7 Å². The van der Waals surface area contributed by atoms with Crippen LogP contribution in [0.2, 0.25) is 0 Å². The molecule has 0 spiro atoms. The van der Waals surface area contributed by atoms with Gasteiger partial charge in [0.15, 0.2) is 23.0 Å². The standard InChI is InChI=1S/C45H63N2O11/c1-9-23-56-26-20-46(32-34-28-41(53-6)45(55-8)42(29-34)54-7)19-10-24-57-43(48)16-17-44(49)58-25-11-21-47(2)22-18-35-30-39(51-4)40(52-5)31-37(35)38(47)27-33-12-14-36(50-3)15-13-33/h12-17,28-31,38H,9-11,18-27,32H2,1-8H3/q+1/b17-16-/t38-,47-/m1/s1. The van der Waals surface area contributed by atoms with Crippen molar-refractivity contribution in [1.82, 2.24) is 4.90 Å². The number of hydrogen-bond donors (Lipinski definition) is 0. The van der Waals surface area contributed by atoms with Crippen LogP contribution in [0.1, 0.15) is 54.5 Å². The maximum absolute atomic E-state index is 12.6. The van der Waals surface area contributed by atoms with Crippen molar-refractivity contribution in [2.24, 2.45) is 0 Å². The highest BCUT2D eigenvalue weighted by Gasteiger charge is 2.39. The van der Waals surface area contributed by atoms with Gasteiger partial charge in [-0.25, -0.2) is 9.59 Å². The Morgan fingerprint density at radius 2 is 1.33 bits per heavy atom. The van der Waals surface area contributed by atoms with Crippen LogP contribution in [0, 0.1) is 0 Å². The first-order chi connectivity index (χ1) is 28.1. The van der Waals surface area contributed by atoms with Gasteiger partial charge in [-0.05, 0) is 65.9 Å². The molecule has 0 saturated carbocycles. The number of rotatable bonds is 25. The van der Waals surface area contributed by atoms with Crippen LogP contribution in [-0.4, -0.2) is 124 Å². The van der Waals surface area contributed by atoms with Crippen LogP contribution in [-0.2, 0) is 43.2 Å². The predicted molar refractivity (Wildman–Crippen MR) is 221 cm³/mol. The van der Waals surface area contributed by atoms with Crippen molar-refractivity contribution in [1.29, 1.82) is 0 Å². The molecule has 13 nitrogen and oxygen atoms in total. The van der Waals surface area contributed by atoms with Gasteiger partial charge in [-0.2, -0.15) is 0 Å². The fourth-order valence-corrected chi connectivity index (χ4v) is 7.40. The summed E-state index contributed by atoms with van der Waals surface area (Å²) in [5, 5.41) is 0. The number of fused-ring (bicyclic) bond motifs is 1. The summed E-state index contributed by atoms with van der Waals surface area (Å²) in [4.78, 5) is 27.3. The quantitative estimate of drug-likeness (QED) is 0.0409. The summed E-state index contributed by atoms with van der Waals surface area (Å²) >= 11 is 0. The molecule has 3 aromatic rings. The number of carbonyl (C=O) groups excluding carboxylic acids is 2. The molecule has 318 valence electrons. The first-order valence-electron chi connectivity index (χ1n) is 19.9. The SMILES string of the molecule is CCCOCCN(CCCOC(=O)/C=C\C(=O)OCCC[N@+]1(C)CCc2cc(OC)c(OC)cc2[C@H]1Cc1ccc(OC)cc1)Cc1cc(OC)c(OC)c(OC)c1. The number of carbonyl (C=O) groups is 2. The second-order valence-corrected chi connectivity index (χ2v) is 14.4. The number of nitrogens with zero attached hydrogens (tertiary/aromatic N) is 2. The van der Waals surface area contributed by atoms with Crippen LogP contribution in [0.15, 0.2) is 60.7 Å². The molecule has 0 N–H and O–H groups in total. The van der Waals surface area contributed by atoms with Gasteiger partial charge in [0.1, 0.15) is 11.8 Å². The van der Waals surface area contributed by atoms with Gasteiger partial charge in [0, 0.05) is 63.2 Å². The van der Waals surface area contributed by atoms with E-state index in [9.17, 15) is 9.59 Å². The topological polar surface area (TPSA) is 120 Å². The number of ether oxygens (including phenoxy) is 9. The first-order valence-corrected chi connectivity index (χ1v) is 19.9. The highest BCUT2D eigenvalue weighted by Crippen LogP contribution is 2.43. The Morgan fingerprint density at radius 1 is 0.707 bits per heavy atom. The Morgan fingerprint density at radius 3 is 1.91 bits per heavy atom. The van der Waals surface area contributed by atoms with Crippen molar-refractivity contribution >= 4 is 11.9 Å². The van der Waals surface area contributed by atoms with E-state index < -0.39 is 11.9 Å². The molecule has 0 aromatic heterocycles. The Labute approximate surface area is 344 Å². The third-order valence-corrected chi connectivity index (χ3v) is 10.5. The van der Waals surface area contributed by atoms with Crippen LogP contribution in [0.25, 0.3) is 0 Å². The summed E-state index contributed by atoms with van der Waals surface area (Å²) in [5.41, 5.74) is 4.66. The van der Waals surface area contributed by atoms with Crippen molar-refractivity contribution in [3.63, 3.8) is 0 Å². The molecule has 3 aromatic carbocycles. The van der Waals surface area contributed by atoms with E-state index in [2.05, 4.69) is 43.1 Å². The number of esters is 2. The molecule has 0 aliphatic carbocycles. The summed E-state index contributed by atoms with van der Waals surface area (Å²) in [6, 6.07) is 16.4. The molecule has 4 rings (SSSR count). The minimum Gasteiger partial charge on any atom is -0.497 e. The molecule has 0 radical (unpaired) electrons. The van der Waals surface area contributed by atoms with Crippen LogP contribution in [0.4, 0.5) is 0 Å². The highest BCUT2D eigenvalue weighted by molar-refractivity contribution is 5.91. The molecule has 0 unspecified atom stereocenters.